The van der Waals surface area contributed by atoms with Crippen molar-refractivity contribution in [2.24, 2.45) is 0 Å². The first-order chi connectivity index (χ1) is 15.2. The number of hydrogen-bond donors (Lipinski definition) is 2. The van der Waals surface area contributed by atoms with Crippen LogP contribution < -0.4 is 10.2 Å². The van der Waals surface area contributed by atoms with Gasteiger partial charge in [0.25, 0.3) is 0 Å². The molecule has 0 amide bonds. The van der Waals surface area contributed by atoms with Gasteiger partial charge in [-0.2, -0.15) is 4.98 Å². The maximum atomic E-state index is 12.5. The van der Waals surface area contributed by atoms with E-state index in [1.165, 1.54) is 0 Å². The van der Waals surface area contributed by atoms with Crippen LogP contribution in [0, 0.1) is 0 Å². The van der Waals surface area contributed by atoms with Gasteiger partial charge in [0, 0.05) is 36.6 Å². The molecule has 2 unspecified atom stereocenters. The average Bonchev–Trinajstić information content (AvgIpc) is 3.41. The van der Waals surface area contributed by atoms with Crippen LogP contribution in [0.3, 0.4) is 0 Å². The van der Waals surface area contributed by atoms with E-state index in [1.54, 1.807) is 0 Å². The van der Waals surface area contributed by atoms with E-state index in [-0.39, 0.29) is 12.6 Å². The van der Waals surface area contributed by atoms with Crippen molar-refractivity contribution in [1.29, 1.82) is 0 Å². The molecule has 0 spiro atoms. The Kier molecular flexibility index (Phi) is 5.62. The summed E-state index contributed by atoms with van der Waals surface area (Å²) in [4.78, 5) is 12.4. The van der Waals surface area contributed by atoms with Gasteiger partial charge in [0.15, 0.2) is 5.58 Å². The monoisotopic (exact) mass is 441 g/mol. The molecule has 3 aromatic rings. The van der Waals surface area contributed by atoms with Gasteiger partial charge in [0.2, 0.25) is 5.95 Å². The van der Waals surface area contributed by atoms with Crippen molar-refractivity contribution < 1.29 is 13.8 Å². The molecular formula is C22H27N5O3S. The zero-order chi connectivity index (χ0) is 21.4. The summed E-state index contributed by atoms with van der Waals surface area (Å²) in [6.07, 6.45) is 3.34. The first kappa shape index (κ1) is 20.4. The Morgan fingerprint density at radius 2 is 2.10 bits per heavy atom. The summed E-state index contributed by atoms with van der Waals surface area (Å²) in [5, 5.41) is 18.3. The summed E-state index contributed by atoms with van der Waals surface area (Å²) in [5.74, 6) is 2.22. The van der Waals surface area contributed by atoms with E-state index in [9.17, 15) is 9.32 Å². The molecule has 31 heavy (non-hydrogen) atoms. The van der Waals surface area contributed by atoms with Crippen LogP contribution in [-0.4, -0.2) is 55.9 Å². The fraction of sp³-hybridized carbons (Fsp3) is 0.500. The highest BCUT2D eigenvalue weighted by molar-refractivity contribution is 7.85. The number of aliphatic hydroxyl groups is 1. The highest BCUT2D eigenvalue weighted by Crippen LogP contribution is 2.35. The number of piperidine rings is 1. The molecular weight excluding hydrogens is 414 g/mol. The van der Waals surface area contributed by atoms with Gasteiger partial charge in [-0.3, -0.25) is 4.21 Å². The summed E-state index contributed by atoms with van der Waals surface area (Å²) in [6.45, 7) is 3.66. The van der Waals surface area contributed by atoms with Crippen molar-refractivity contribution in [3.05, 3.63) is 35.7 Å². The SMILES string of the molecule is CCC(CO)Nc1nc(N2CCC(c3noc4ccccc34)CC2)nc2c1S(=O)CC2. The number of nitrogens with one attached hydrogen (secondary N) is 1. The van der Waals surface area contributed by atoms with Crippen molar-refractivity contribution in [3.8, 4) is 0 Å². The lowest BCUT2D eigenvalue weighted by Crippen LogP contribution is -2.35. The van der Waals surface area contributed by atoms with Gasteiger partial charge in [-0.1, -0.05) is 24.2 Å². The number of aromatic nitrogens is 3. The molecule has 2 aliphatic rings. The van der Waals surface area contributed by atoms with E-state index in [0.29, 0.717) is 34.8 Å². The average molecular weight is 442 g/mol. The fourth-order valence-electron chi connectivity index (χ4n) is 4.45. The molecule has 164 valence electrons. The Morgan fingerprint density at radius 3 is 2.87 bits per heavy atom. The first-order valence-electron chi connectivity index (χ1n) is 10.9. The lowest BCUT2D eigenvalue weighted by atomic mass is 9.92. The largest absolute Gasteiger partial charge is 0.394 e. The van der Waals surface area contributed by atoms with E-state index in [0.717, 1.165) is 54.7 Å². The van der Waals surface area contributed by atoms with Crippen LogP contribution in [0.25, 0.3) is 11.0 Å². The summed E-state index contributed by atoms with van der Waals surface area (Å²) >= 11 is 0. The molecule has 2 atom stereocenters. The number of anilines is 2. The van der Waals surface area contributed by atoms with E-state index < -0.39 is 10.8 Å². The molecule has 0 aliphatic carbocycles. The Labute approximate surface area is 183 Å². The topological polar surface area (TPSA) is 104 Å². The Hall–Kier alpha value is -2.52. The number of fused-ring (bicyclic) bond motifs is 2. The van der Waals surface area contributed by atoms with E-state index in [4.69, 9.17) is 14.5 Å². The van der Waals surface area contributed by atoms with E-state index in [1.807, 2.05) is 25.1 Å². The third-order valence-electron chi connectivity index (χ3n) is 6.30. The molecule has 1 aromatic carbocycles. The summed E-state index contributed by atoms with van der Waals surface area (Å²) in [5.41, 5.74) is 2.74. The van der Waals surface area contributed by atoms with Crippen molar-refractivity contribution in [1.82, 2.24) is 15.1 Å². The lowest BCUT2D eigenvalue weighted by Gasteiger charge is -2.32. The minimum absolute atomic E-state index is 0.00823. The van der Waals surface area contributed by atoms with Crippen LogP contribution in [0.4, 0.5) is 11.8 Å². The number of aryl methyl sites for hydroxylation is 1. The second-order valence-corrected chi connectivity index (χ2v) is 9.71. The van der Waals surface area contributed by atoms with Gasteiger partial charge < -0.3 is 19.8 Å². The highest BCUT2D eigenvalue weighted by atomic mass is 32.2. The summed E-state index contributed by atoms with van der Waals surface area (Å²) in [7, 11) is -1.09. The molecule has 2 N–H and O–H groups in total. The molecule has 0 saturated carbocycles. The Morgan fingerprint density at radius 1 is 1.29 bits per heavy atom. The third kappa shape index (κ3) is 3.80. The predicted octanol–water partition coefficient (Wildman–Crippen LogP) is 2.85. The summed E-state index contributed by atoms with van der Waals surface area (Å²) in [6, 6.07) is 7.89. The van der Waals surface area contributed by atoms with Crippen LogP contribution in [0.1, 0.15) is 43.5 Å². The Bertz CT molecular complexity index is 1110. The van der Waals surface area contributed by atoms with Gasteiger partial charge in [-0.05, 0) is 31.4 Å². The normalized spacial score (nSPS) is 20.2. The van der Waals surface area contributed by atoms with Gasteiger partial charge in [0.1, 0.15) is 10.7 Å². The van der Waals surface area contributed by atoms with Gasteiger partial charge >= 0.3 is 0 Å². The quantitative estimate of drug-likeness (QED) is 0.602. The minimum atomic E-state index is -1.09. The number of rotatable bonds is 6. The second kappa shape index (κ2) is 8.55. The predicted molar refractivity (Wildman–Crippen MR) is 120 cm³/mol. The van der Waals surface area contributed by atoms with Crippen LogP contribution in [0.5, 0.6) is 0 Å². The van der Waals surface area contributed by atoms with Crippen LogP contribution >= 0.6 is 0 Å². The number of benzene rings is 1. The van der Waals surface area contributed by atoms with E-state index >= 15 is 0 Å². The lowest BCUT2D eigenvalue weighted by molar-refractivity contribution is 0.271. The molecule has 9 heteroatoms. The van der Waals surface area contributed by atoms with Crippen molar-refractivity contribution in [2.45, 2.75) is 49.5 Å². The number of aliphatic hydroxyl groups excluding tert-OH is 1. The second-order valence-electron chi connectivity index (χ2n) is 8.21. The molecule has 5 rings (SSSR count). The van der Waals surface area contributed by atoms with Crippen LogP contribution in [-0.2, 0) is 17.2 Å². The third-order valence-corrected chi connectivity index (χ3v) is 7.76. The smallest absolute Gasteiger partial charge is 0.227 e. The molecule has 0 radical (unpaired) electrons. The minimum Gasteiger partial charge on any atom is -0.394 e. The molecule has 8 nitrogen and oxygen atoms in total. The van der Waals surface area contributed by atoms with Gasteiger partial charge in [-0.15, -0.1) is 0 Å². The highest BCUT2D eigenvalue weighted by Gasteiger charge is 2.30. The molecule has 4 heterocycles. The summed E-state index contributed by atoms with van der Waals surface area (Å²) < 4.78 is 18.0. The molecule has 1 saturated heterocycles. The molecule has 0 bridgehead atoms. The molecule has 1 fully saturated rings. The van der Waals surface area contributed by atoms with Crippen LogP contribution in [0.15, 0.2) is 33.7 Å². The maximum absolute atomic E-state index is 12.5. The molecule has 2 aliphatic heterocycles. The first-order valence-corrected chi connectivity index (χ1v) is 12.3. The maximum Gasteiger partial charge on any atom is 0.227 e. The van der Waals surface area contributed by atoms with Crippen LogP contribution in [0.2, 0.25) is 0 Å². The zero-order valence-electron chi connectivity index (χ0n) is 17.6. The van der Waals surface area contributed by atoms with Gasteiger partial charge in [-0.25, -0.2) is 4.98 Å². The Balaban J connectivity index is 1.37. The fourth-order valence-corrected chi connectivity index (χ4v) is 5.76. The molecule has 2 aromatic heterocycles. The number of hydrogen-bond acceptors (Lipinski definition) is 8. The van der Waals surface area contributed by atoms with Crippen molar-refractivity contribution in [3.63, 3.8) is 0 Å². The number of para-hydroxylation sites is 1. The zero-order valence-corrected chi connectivity index (χ0v) is 18.4. The van der Waals surface area contributed by atoms with Crippen molar-refractivity contribution >= 4 is 33.5 Å². The number of nitrogens with zero attached hydrogens (tertiary/aromatic N) is 4. The van der Waals surface area contributed by atoms with Crippen molar-refractivity contribution in [2.75, 3.05) is 35.7 Å². The van der Waals surface area contributed by atoms with Gasteiger partial charge in [0.05, 0.1) is 34.8 Å². The standard InChI is InChI=1S/C22H27N5O3S/c1-2-15(13-28)23-21-20-17(9-12-31(20)29)24-22(25-21)27-10-7-14(8-11-27)19-16-5-3-4-6-18(16)30-26-19/h3-6,14-15,28H,2,7-13H2,1H3,(H,23,24,25). The van der Waals surface area contributed by atoms with E-state index in [2.05, 4.69) is 21.4 Å².